The summed E-state index contributed by atoms with van der Waals surface area (Å²) in [7, 11) is 2.89. The van der Waals surface area contributed by atoms with Gasteiger partial charge in [-0.2, -0.15) is 5.10 Å². The number of carbonyl (C=O) groups is 2. The van der Waals surface area contributed by atoms with E-state index in [0.29, 0.717) is 11.3 Å². The van der Waals surface area contributed by atoms with Gasteiger partial charge in [-0.1, -0.05) is 6.07 Å². The van der Waals surface area contributed by atoms with Crippen molar-refractivity contribution >= 4 is 17.6 Å². The summed E-state index contributed by atoms with van der Waals surface area (Å²) >= 11 is 0. The number of benzene rings is 1. The fourth-order valence-corrected chi connectivity index (χ4v) is 2.98. The molecule has 0 radical (unpaired) electrons. The third-order valence-electron chi connectivity index (χ3n) is 4.13. The zero-order valence-electron chi connectivity index (χ0n) is 13.1. The molecule has 1 aliphatic rings. The van der Waals surface area contributed by atoms with E-state index in [2.05, 4.69) is 15.5 Å². The highest BCUT2D eigenvalue weighted by Gasteiger charge is 2.32. The highest BCUT2D eigenvalue weighted by Crippen LogP contribution is 2.42. The molecule has 0 saturated heterocycles. The first-order valence-electron chi connectivity index (χ1n) is 7.15. The van der Waals surface area contributed by atoms with Crippen LogP contribution in [0, 0.1) is 6.92 Å². The Hall–Kier alpha value is -2.83. The Balaban J connectivity index is 2.14. The molecular weight excluding hydrogens is 298 g/mol. The number of nitrogens with zero attached hydrogens (tertiary/aromatic N) is 1. The maximum absolute atomic E-state index is 12.1. The summed E-state index contributed by atoms with van der Waals surface area (Å²) < 4.78 is 10.1. The maximum atomic E-state index is 12.1. The van der Waals surface area contributed by atoms with Crippen molar-refractivity contribution in [1.82, 2.24) is 10.2 Å². The monoisotopic (exact) mass is 315 g/mol. The average Bonchev–Trinajstić information content (AvgIpc) is 3.04. The largest absolute Gasteiger partial charge is 0.496 e. The van der Waals surface area contributed by atoms with Gasteiger partial charge in [-0.05, 0) is 18.6 Å². The minimum absolute atomic E-state index is 0.115. The predicted molar refractivity (Wildman–Crippen MR) is 82.7 cm³/mol. The Morgan fingerprint density at radius 2 is 2.09 bits per heavy atom. The second kappa shape index (κ2) is 5.75. The van der Waals surface area contributed by atoms with Crippen molar-refractivity contribution in [2.24, 2.45) is 0 Å². The van der Waals surface area contributed by atoms with Crippen LogP contribution in [0.1, 0.15) is 39.5 Å². The van der Waals surface area contributed by atoms with Crippen LogP contribution in [0.25, 0.3) is 0 Å². The third-order valence-corrected chi connectivity index (χ3v) is 4.13. The van der Waals surface area contributed by atoms with Gasteiger partial charge in [-0.15, -0.1) is 0 Å². The average molecular weight is 315 g/mol. The van der Waals surface area contributed by atoms with E-state index in [0.717, 1.165) is 16.8 Å². The number of carbonyl (C=O) groups excluding carboxylic acids is 2. The fraction of sp³-hybridized carbons (Fsp3) is 0.312. The molecule has 0 saturated carbocycles. The quantitative estimate of drug-likeness (QED) is 0.845. The fourth-order valence-electron chi connectivity index (χ4n) is 2.98. The second-order valence-corrected chi connectivity index (χ2v) is 5.35. The van der Waals surface area contributed by atoms with E-state index >= 15 is 0 Å². The molecule has 3 rings (SSSR count). The van der Waals surface area contributed by atoms with E-state index in [1.54, 1.807) is 13.3 Å². The number of anilines is 1. The first-order valence-corrected chi connectivity index (χ1v) is 7.15. The number of ether oxygens (including phenoxy) is 2. The SMILES string of the molecule is COC(=O)c1[nH]ncc1C1CC(=O)Nc2c1ccc(OC)c2C. The number of esters is 1. The van der Waals surface area contributed by atoms with Crippen LogP contribution in [-0.2, 0) is 9.53 Å². The van der Waals surface area contributed by atoms with Crippen LogP contribution >= 0.6 is 0 Å². The van der Waals surface area contributed by atoms with Crippen molar-refractivity contribution in [3.05, 3.63) is 40.7 Å². The lowest BCUT2D eigenvalue weighted by Gasteiger charge is -2.27. The number of hydrogen-bond acceptors (Lipinski definition) is 5. The zero-order valence-corrected chi connectivity index (χ0v) is 13.1. The van der Waals surface area contributed by atoms with Crippen LogP contribution < -0.4 is 10.1 Å². The number of rotatable bonds is 3. The normalized spacial score (nSPS) is 16.5. The van der Waals surface area contributed by atoms with Gasteiger partial charge in [0.25, 0.3) is 0 Å². The number of H-pyrrole nitrogens is 1. The van der Waals surface area contributed by atoms with E-state index in [1.807, 2.05) is 19.1 Å². The van der Waals surface area contributed by atoms with Crippen LogP contribution in [-0.4, -0.2) is 36.3 Å². The number of amides is 1. The van der Waals surface area contributed by atoms with Crippen LogP contribution in [0.3, 0.4) is 0 Å². The summed E-state index contributed by atoms with van der Waals surface area (Å²) in [6.45, 7) is 1.89. The molecule has 0 fully saturated rings. The van der Waals surface area contributed by atoms with Crippen molar-refractivity contribution in [3.8, 4) is 5.75 Å². The lowest BCUT2D eigenvalue weighted by atomic mass is 9.83. The van der Waals surface area contributed by atoms with Crippen molar-refractivity contribution in [2.75, 3.05) is 19.5 Å². The van der Waals surface area contributed by atoms with Crippen LogP contribution in [0.15, 0.2) is 18.3 Å². The van der Waals surface area contributed by atoms with Gasteiger partial charge in [0.15, 0.2) is 0 Å². The van der Waals surface area contributed by atoms with E-state index in [-0.39, 0.29) is 23.9 Å². The number of methoxy groups -OCH3 is 2. The number of aromatic amines is 1. The standard InChI is InChI=1S/C16H17N3O4/c1-8-12(22-2)5-4-9-10(6-13(20)18-14(8)9)11-7-17-19-15(11)16(21)23-3/h4-5,7,10H,6H2,1-3H3,(H,17,19)(H,18,20). The number of fused-ring (bicyclic) bond motifs is 1. The highest BCUT2D eigenvalue weighted by atomic mass is 16.5. The number of nitrogens with one attached hydrogen (secondary N) is 2. The van der Waals surface area contributed by atoms with Gasteiger partial charge >= 0.3 is 5.97 Å². The van der Waals surface area contributed by atoms with Gasteiger partial charge in [0.1, 0.15) is 11.4 Å². The van der Waals surface area contributed by atoms with E-state index in [1.165, 1.54) is 7.11 Å². The topological polar surface area (TPSA) is 93.3 Å². The molecule has 2 aromatic rings. The summed E-state index contributed by atoms with van der Waals surface area (Å²) in [4.78, 5) is 24.0. The zero-order chi connectivity index (χ0) is 16.6. The molecule has 0 bridgehead atoms. The molecule has 1 aliphatic heterocycles. The van der Waals surface area contributed by atoms with Crippen molar-refractivity contribution < 1.29 is 19.1 Å². The summed E-state index contributed by atoms with van der Waals surface area (Å²) in [6, 6.07) is 3.76. The Kier molecular flexibility index (Phi) is 3.77. The van der Waals surface area contributed by atoms with Crippen molar-refractivity contribution in [3.63, 3.8) is 0 Å². The molecule has 7 heteroatoms. The molecule has 1 aromatic carbocycles. The molecule has 0 aliphatic carbocycles. The minimum Gasteiger partial charge on any atom is -0.496 e. The van der Waals surface area contributed by atoms with Gasteiger partial charge in [-0.3, -0.25) is 9.89 Å². The first kappa shape index (κ1) is 15.1. The van der Waals surface area contributed by atoms with Gasteiger partial charge < -0.3 is 14.8 Å². The highest BCUT2D eigenvalue weighted by molar-refractivity contribution is 5.97. The minimum atomic E-state index is -0.504. The molecule has 120 valence electrons. The molecule has 2 heterocycles. The molecule has 1 aromatic heterocycles. The van der Waals surface area contributed by atoms with Crippen LogP contribution in [0.2, 0.25) is 0 Å². The molecule has 1 atom stereocenters. The smallest absolute Gasteiger partial charge is 0.356 e. The number of aromatic nitrogens is 2. The number of hydrogen-bond donors (Lipinski definition) is 2. The van der Waals surface area contributed by atoms with E-state index < -0.39 is 5.97 Å². The summed E-state index contributed by atoms with van der Waals surface area (Å²) in [5.74, 6) is -0.188. The lowest BCUT2D eigenvalue weighted by molar-refractivity contribution is -0.116. The Labute approximate surface area is 133 Å². The summed E-state index contributed by atoms with van der Waals surface area (Å²) in [5.41, 5.74) is 3.42. The van der Waals surface area contributed by atoms with Crippen molar-refractivity contribution in [1.29, 1.82) is 0 Å². The van der Waals surface area contributed by atoms with Crippen LogP contribution in [0.5, 0.6) is 5.75 Å². The van der Waals surface area contributed by atoms with Gasteiger partial charge in [0, 0.05) is 23.5 Å². The Morgan fingerprint density at radius 1 is 1.30 bits per heavy atom. The van der Waals surface area contributed by atoms with E-state index in [9.17, 15) is 9.59 Å². The predicted octanol–water partition coefficient (Wildman–Crippen LogP) is 1.99. The molecular formula is C16H17N3O4. The summed E-state index contributed by atoms with van der Waals surface area (Å²) in [6.07, 6.45) is 1.81. The second-order valence-electron chi connectivity index (χ2n) is 5.35. The summed E-state index contributed by atoms with van der Waals surface area (Å²) in [5, 5.41) is 9.49. The lowest BCUT2D eigenvalue weighted by Crippen LogP contribution is -2.25. The van der Waals surface area contributed by atoms with Crippen LogP contribution in [0.4, 0.5) is 5.69 Å². The molecule has 0 spiro atoms. The first-order chi connectivity index (χ1) is 11.1. The van der Waals surface area contributed by atoms with E-state index in [4.69, 9.17) is 9.47 Å². The molecule has 7 nitrogen and oxygen atoms in total. The van der Waals surface area contributed by atoms with Gasteiger partial charge in [0.2, 0.25) is 5.91 Å². The molecule has 1 unspecified atom stereocenters. The van der Waals surface area contributed by atoms with Gasteiger partial charge in [0.05, 0.1) is 26.1 Å². The van der Waals surface area contributed by atoms with Gasteiger partial charge in [-0.25, -0.2) is 4.79 Å². The third kappa shape index (κ3) is 2.44. The maximum Gasteiger partial charge on any atom is 0.356 e. The molecule has 1 amide bonds. The Morgan fingerprint density at radius 3 is 2.78 bits per heavy atom. The molecule has 23 heavy (non-hydrogen) atoms. The molecule has 2 N–H and O–H groups in total. The van der Waals surface area contributed by atoms with Crippen molar-refractivity contribution in [2.45, 2.75) is 19.3 Å². The Bertz CT molecular complexity index is 782.